The second-order valence-corrected chi connectivity index (χ2v) is 4.58. The summed E-state index contributed by atoms with van der Waals surface area (Å²) in [5, 5.41) is 10.0. The molecule has 2 rings (SSSR count). The number of nitrogens with zero attached hydrogens (tertiary/aromatic N) is 2. The molecule has 0 aliphatic rings. The van der Waals surface area contributed by atoms with E-state index >= 15 is 0 Å². The number of carboxylic acid groups (broad SMARTS) is 1. The van der Waals surface area contributed by atoms with Gasteiger partial charge in [0, 0.05) is 31.8 Å². The first-order valence-electron chi connectivity index (χ1n) is 6.46. The van der Waals surface area contributed by atoms with Crippen molar-refractivity contribution < 1.29 is 14.6 Å². The minimum Gasteiger partial charge on any atom is -0.480 e. The van der Waals surface area contributed by atoms with Crippen molar-refractivity contribution in [3.8, 4) is 0 Å². The van der Waals surface area contributed by atoms with Crippen LogP contribution in [0.2, 0.25) is 0 Å². The van der Waals surface area contributed by atoms with Crippen molar-refractivity contribution in [2.45, 2.75) is 6.54 Å². The molecule has 0 spiro atoms. The van der Waals surface area contributed by atoms with E-state index < -0.39 is 5.97 Å². The van der Waals surface area contributed by atoms with Crippen LogP contribution in [0.25, 0.3) is 10.9 Å². The molecule has 1 aromatic carbocycles. The summed E-state index contributed by atoms with van der Waals surface area (Å²) in [7, 11) is 1.61. The van der Waals surface area contributed by atoms with Crippen molar-refractivity contribution in [3.05, 3.63) is 42.1 Å². The Hall–Kier alpha value is -1.98. The Morgan fingerprint density at radius 2 is 2.15 bits per heavy atom. The minimum atomic E-state index is -0.834. The second kappa shape index (κ2) is 6.98. The molecule has 5 nitrogen and oxygen atoms in total. The number of rotatable bonds is 7. The van der Waals surface area contributed by atoms with Gasteiger partial charge in [0.25, 0.3) is 0 Å². The van der Waals surface area contributed by atoms with Crippen LogP contribution in [0.15, 0.2) is 36.5 Å². The van der Waals surface area contributed by atoms with Crippen LogP contribution >= 0.6 is 0 Å². The topological polar surface area (TPSA) is 62.7 Å². The van der Waals surface area contributed by atoms with Gasteiger partial charge in [-0.1, -0.05) is 18.2 Å². The highest BCUT2D eigenvalue weighted by molar-refractivity contribution is 5.81. The fourth-order valence-corrected chi connectivity index (χ4v) is 2.16. The molecule has 0 amide bonds. The van der Waals surface area contributed by atoms with Gasteiger partial charge < -0.3 is 9.84 Å². The molecule has 1 heterocycles. The van der Waals surface area contributed by atoms with Crippen molar-refractivity contribution in [2.75, 3.05) is 26.8 Å². The van der Waals surface area contributed by atoms with Gasteiger partial charge in [0.15, 0.2) is 0 Å². The number of carboxylic acids is 1. The quantitative estimate of drug-likeness (QED) is 0.833. The number of para-hydroxylation sites is 1. The number of ether oxygens (including phenoxy) is 1. The molecular formula is C15H18N2O3. The first-order valence-corrected chi connectivity index (χ1v) is 6.46. The number of benzene rings is 1. The molecule has 0 aliphatic heterocycles. The Kier molecular flexibility index (Phi) is 5.03. The van der Waals surface area contributed by atoms with Crippen molar-refractivity contribution in [1.29, 1.82) is 0 Å². The summed E-state index contributed by atoms with van der Waals surface area (Å²) in [6.45, 7) is 1.66. The smallest absolute Gasteiger partial charge is 0.317 e. The summed E-state index contributed by atoms with van der Waals surface area (Å²) in [4.78, 5) is 17.1. The van der Waals surface area contributed by atoms with E-state index in [1.54, 1.807) is 13.3 Å². The molecule has 0 unspecified atom stereocenters. The summed E-state index contributed by atoms with van der Waals surface area (Å²) < 4.78 is 5.03. The van der Waals surface area contributed by atoms with Gasteiger partial charge in [-0.3, -0.25) is 14.7 Å². The number of pyridine rings is 1. The Labute approximate surface area is 117 Å². The molecule has 0 atom stereocenters. The molecular weight excluding hydrogens is 256 g/mol. The lowest BCUT2D eigenvalue weighted by molar-refractivity contribution is -0.138. The largest absolute Gasteiger partial charge is 0.480 e. The highest BCUT2D eigenvalue weighted by Gasteiger charge is 2.12. The first kappa shape index (κ1) is 14.4. The first-order chi connectivity index (χ1) is 9.70. The predicted molar refractivity (Wildman–Crippen MR) is 76.5 cm³/mol. The van der Waals surface area contributed by atoms with E-state index in [0.29, 0.717) is 19.7 Å². The lowest BCUT2D eigenvalue weighted by Gasteiger charge is -2.20. The number of hydrogen-bond acceptors (Lipinski definition) is 4. The van der Waals surface area contributed by atoms with Gasteiger partial charge >= 0.3 is 5.97 Å². The van der Waals surface area contributed by atoms with Gasteiger partial charge in [-0.25, -0.2) is 0 Å². The van der Waals surface area contributed by atoms with Gasteiger partial charge in [-0.05, 0) is 17.7 Å². The summed E-state index contributed by atoms with van der Waals surface area (Å²) >= 11 is 0. The minimum absolute atomic E-state index is 0.00000968. The normalized spacial score (nSPS) is 11.1. The Morgan fingerprint density at radius 3 is 2.90 bits per heavy atom. The van der Waals surface area contributed by atoms with Crippen LogP contribution in [0.5, 0.6) is 0 Å². The molecule has 0 saturated heterocycles. The molecule has 0 aliphatic carbocycles. The fraction of sp³-hybridized carbons (Fsp3) is 0.333. The number of carbonyl (C=O) groups is 1. The number of methoxy groups -OCH3 is 1. The second-order valence-electron chi connectivity index (χ2n) is 4.58. The van der Waals surface area contributed by atoms with Gasteiger partial charge in [0.05, 0.1) is 18.7 Å². The van der Waals surface area contributed by atoms with Gasteiger partial charge in [-0.2, -0.15) is 0 Å². The maximum Gasteiger partial charge on any atom is 0.317 e. The maximum atomic E-state index is 10.9. The lowest BCUT2D eigenvalue weighted by Crippen LogP contribution is -2.32. The van der Waals surface area contributed by atoms with Crippen molar-refractivity contribution in [2.24, 2.45) is 0 Å². The van der Waals surface area contributed by atoms with Gasteiger partial charge in [0.1, 0.15) is 0 Å². The molecule has 1 aromatic heterocycles. The van der Waals surface area contributed by atoms with Crippen LogP contribution in [-0.2, 0) is 16.1 Å². The van der Waals surface area contributed by atoms with Crippen LogP contribution in [0, 0.1) is 0 Å². The third kappa shape index (κ3) is 3.76. The van der Waals surface area contributed by atoms with Gasteiger partial charge in [0.2, 0.25) is 0 Å². The van der Waals surface area contributed by atoms with E-state index in [2.05, 4.69) is 4.98 Å². The zero-order valence-corrected chi connectivity index (χ0v) is 11.5. The molecule has 106 valence electrons. The third-order valence-corrected chi connectivity index (χ3v) is 3.10. The molecule has 0 saturated carbocycles. The van der Waals surface area contributed by atoms with E-state index in [-0.39, 0.29) is 6.54 Å². The van der Waals surface area contributed by atoms with Crippen LogP contribution < -0.4 is 0 Å². The molecule has 0 bridgehead atoms. The molecule has 0 radical (unpaired) electrons. The highest BCUT2D eigenvalue weighted by Crippen LogP contribution is 2.17. The van der Waals surface area contributed by atoms with E-state index in [1.165, 1.54) is 0 Å². The molecule has 20 heavy (non-hydrogen) atoms. The highest BCUT2D eigenvalue weighted by atomic mass is 16.5. The van der Waals surface area contributed by atoms with Gasteiger partial charge in [-0.15, -0.1) is 0 Å². The Balaban J connectivity index is 2.21. The lowest BCUT2D eigenvalue weighted by atomic mass is 10.1. The Morgan fingerprint density at radius 1 is 1.35 bits per heavy atom. The van der Waals surface area contributed by atoms with Crippen molar-refractivity contribution in [3.63, 3.8) is 0 Å². The maximum absolute atomic E-state index is 10.9. The molecule has 5 heteroatoms. The molecule has 1 N–H and O–H groups in total. The summed E-state index contributed by atoms with van der Waals surface area (Å²) in [6, 6.07) is 9.80. The van der Waals surface area contributed by atoms with Crippen LogP contribution in [0.3, 0.4) is 0 Å². The SMILES string of the molecule is COCCN(CC(=O)O)Cc1ccnc2ccccc12. The van der Waals surface area contributed by atoms with E-state index in [0.717, 1.165) is 16.5 Å². The summed E-state index contributed by atoms with van der Waals surface area (Å²) in [5.41, 5.74) is 2.00. The number of aromatic nitrogens is 1. The fourth-order valence-electron chi connectivity index (χ4n) is 2.16. The van der Waals surface area contributed by atoms with Crippen molar-refractivity contribution in [1.82, 2.24) is 9.88 Å². The van der Waals surface area contributed by atoms with Crippen molar-refractivity contribution >= 4 is 16.9 Å². The monoisotopic (exact) mass is 274 g/mol. The summed E-state index contributed by atoms with van der Waals surface area (Å²) in [5.74, 6) is -0.834. The molecule has 0 fully saturated rings. The van der Waals surface area contributed by atoms with E-state index in [9.17, 15) is 4.79 Å². The van der Waals surface area contributed by atoms with E-state index in [4.69, 9.17) is 9.84 Å². The predicted octanol–water partition coefficient (Wildman–Crippen LogP) is 1.77. The van der Waals surface area contributed by atoms with Crippen LogP contribution in [0.4, 0.5) is 0 Å². The van der Waals surface area contributed by atoms with Crippen LogP contribution in [-0.4, -0.2) is 47.8 Å². The standard InChI is InChI=1S/C15H18N2O3/c1-20-9-8-17(11-15(18)19)10-12-6-7-16-14-5-3-2-4-13(12)14/h2-7H,8-11H2,1H3,(H,18,19). The average molecular weight is 274 g/mol. The average Bonchev–Trinajstić information content (AvgIpc) is 2.44. The van der Waals surface area contributed by atoms with E-state index in [1.807, 2.05) is 35.2 Å². The van der Waals surface area contributed by atoms with Crippen LogP contribution in [0.1, 0.15) is 5.56 Å². The number of aliphatic carboxylic acids is 1. The number of hydrogen-bond donors (Lipinski definition) is 1. The third-order valence-electron chi connectivity index (χ3n) is 3.10. The zero-order valence-electron chi connectivity index (χ0n) is 11.5. The summed E-state index contributed by atoms with van der Waals surface area (Å²) in [6.07, 6.45) is 1.76. The molecule has 2 aromatic rings. The Bertz CT molecular complexity index is 581. The number of fused-ring (bicyclic) bond motifs is 1. The zero-order chi connectivity index (χ0) is 14.4.